The fourth-order valence-corrected chi connectivity index (χ4v) is 2.08. The minimum Gasteiger partial charge on any atom is -0.240 e. The highest BCUT2D eigenvalue weighted by Gasteiger charge is 2.00. The molecular formula is C11H7BrN2. The van der Waals surface area contributed by atoms with E-state index in [-0.39, 0.29) is 0 Å². The molecule has 3 heteroatoms. The molecule has 0 saturated heterocycles. The molecule has 14 heavy (non-hydrogen) atoms. The molecule has 68 valence electrons. The smallest absolute Gasteiger partial charge is 0.0739 e. The van der Waals surface area contributed by atoms with Gasteiger partial charge in [-0.15, -0.1) is 0 Å². The third kappa shape index (κ3) is 1.06. The molecule has 2 nitrogen and oxygen atoms in total. The Labute approximate surface area is 89.3 Å². The minimum absolute atomic E-state index is 1.11. The predicted molar refractivity (Wildman–Crippen MR) is 60.4 cm³/mol. The average molecular weight is 247 g/mol. The van der Waals surface area contributed by atoms with Crippen LogP contribution in [0.2, 0.25) is 0 Å². The van der Waals surface area contributed by atoms with Gasteiger partial charge in [0.1, 0.15) is 0 Å². The van der Waals surface area contributed by atoms with E-state index in [2.05, 4.69) is 45.3 Å². The SMILES string of the molecule is Brc1ccc2c(ccn3nccc23)c1. The molecule has 2 aromatic heterocycles. The van der Waals surface area contributed by atoms with E-state index in [1.165, 1.54) is 10.8 Å². The monoisotopic (exact) mass is 246 g/mol. The highest BCUT2D eigenvalue weighted by molar-refractivity contribution is 9.10. The van der Waals surface area contributed by atoms with Crippen molar-refractivity contribution in [2.75, 3.05) is 0 Å². The summed E-state index contributed by atoms with van der Waals surface area (Å²) < 4.78 is 2.99. The summed E-state index contributed by atoms with van der Waals surface area (Å²) >= 11 is 3.46. The van der Waals surface area contributed by atoms with Crippen LogP contribution in [0.15, 0.2) is 47.2 Å². The second-order valence-corrected chi connectivity index (χ2v) is 4.12. The fourth-order valence-electron chi connectivity index (χ4n) is 1.70. The Morgan fingerprint density at radius 1 is 1.14 bits per heavy atom. The molecule has 0 radical (unpaired) electrons. The van der Waals surface area contributed by atoms with Crippen LogP contribution in [-0.2, 0) is 0 Å². The Hall–Kier alpha value is -1.35. The molecule has 1 aromatic carbocycles. The summed E-state index contributed by atoms with van der Waals surface area (Å²) in [5.41, 5.74) is 1.15. The first-order chi connectivity index (χ1) is 6.84. The number of fused-ring (bicyclic) bond motifs is 3. The maximum atomic E-state index is 4.20. The number of pyridine rings is 1. The van der Waals surface area contributed by atoms with Gasteiger partial charge < -0.3 is 0 Å². The zero-order valence-electron chi connectivity index (χ0n) is 7.31. The molecule has 0 aliphatic heterocycles. The second-order valence-electron chi connectivity index (χ2n) is 3.21. The maximum Gasteiger partial charge on any atom is 0.0739 e. The molecule has 0 atom stereocenters. The summed E-state index contributed by atoms with van der Waals surface area (Å²) in [5.74, 6) is 0. The molecule has 0 bridgehead atoms. The van der Waals surface area contributed by atoms with Crippen LogP contribution in [0.25, 0.3) is 16.3 Å². The summed E-state index contributed by atoms with van der Waals surface area (Å²) in [6, 6.07) is 10.4. The molecule has 0 N–H and O–H groups in total. The normalized spacial score (nSPS) is 11.2. The highest BCUT2D eigenvalue weighted by atomic mass is 79.9. The van der Waals surface area contributed by atoms with E-state index in [0.29, 0.717) is 0 Å². The number of nitrogens with zero attached hydrogens (tertiary/aromatic N) is 2. The summed E-state index contributed by atoms with van der Waals surface area (Å²) in [6.45, 7) is 0. The molecule has 3 rings (SSSR count). The number of halogens is 1. The minimum atomic E-state index is 1.11. The van der Waals surface area contributed by atoms with Crippen molar-refractivity contribution >= 4 is 32.2 Å². The van der Waals surface area contributed by atoms with E-state index in [1.54, 1.807) is 0 Å². The maximum absolute atomic E-state index is 4.20. The third-order valence-electron chi connectivity index (χ3n) is 2.36. The van der Waals surface area contributed by atoms with Crippen molar-refractivity contribution in [2.24, 2.45) is 0 Å². The van der Waals surface area contributed by atoms with Crippen molar-refractivity contribution in [1.29, 1.82) is 0 Å². The molecule has 0 fully saturated rings. The number of benzene rings is 1. The van der Waals surface area contributed by atoms with Crippen molar-refractivity contribution < 1.29 is 0 Å². The van der Waals surface area contributed by atoms with Crippen molar-refractivity contribution in [2.45, 2.75) is 0 Å². The summed E-state index contributed by atoms with van der Waals surface area (Å²) in [6.07, 6.45) is 3.79. The lowest BCUT2D eigenvalue weighted by atomic mass is 10.1. The summed E-state index contributed by atoms with van der Waals surface area (Å²) in [7, 11) is 0. The molecule has 0 spiro atoms. The Balaban J connectivity index is 2.57. The van der Waals surface area contributed by atoms with Gasteiger partial charge in [0.05, 0.1) is 5.52 Å². The van der Waals surface area contributed by atoms with Gasteiger partial charge >= 0.3 is 0 Å². The Bertz CT molecular complexity index is 613. The van der Waals surface area contributed by atoms with Crippen molar-refractivity contribution in [1.82, 2.24) is 9.61 Å². The molecule has 2 heterocycles. The van der Waals surface area contributed by atoms with Gasteiger partial charge in [-0.25, -0.2) is 4.52 Å². The lowest BCUT2D eigenvalue weighted by Gasteiger charge is -2.00. The zero-order chi connectivity index (χ0) is 9.54. The summed E-state index contributed by atoms with van der Waals surface area (Å²) in [4.78, 5) is 0. The Morgan fingerprint density at radius 3 is 3.00 bits per heavy atom. The van der Waals surface area contributed by atoms with Gasteiger partial charge in [0, 0.05) is 22.3 Å². The van der Waals surface area contributed by atoms with E-state index >= 15 is 0 Å². The van der Waals surface area contributed by atoms with Gasteiger partial charge in [-0.05, 0) is 29.7 Å². The van der Waals surface area contributed by atoms with Gasteiger partial charge in [0.15, 0.2) is 0 Å². The van der Waals surface area contributed by atoms with E-state index < -0.39 is 0 Å². The van der Waals surface area contributed by atoms with Crippen LogP contribution in [0.1, 0.15) is 0 Å². The molecule has 0 aliphatic rings. The first-order valence-electron chi connectivity index (χ1n) is 4.36. The van der Waals surface area contributed by atoms with Crippen molar-refractivity contribution in [3.63, 3.8) is 0 Å². The van der Waals surface area contributed by atoms with E-state index in [1.807, 2.05) is 23.0 Å². The highest BCUT2D eigenvalue weighted by Crippen LogP contribution is 2.23. The van der Waals surface area contributed by atoms with E-state index in [0.717, 1.165) is 9.99 Å². The molecular weight excluding hydrogens is 240 g/mol. The van der Waals surface area contributed by atoms with Crippen LogP contribution >= 0.6 is 15.9 Å². The fraction of sp³-hybridized carbons (Fsp3) is 0. The molecule has 0 unspecified atom stereocenters. The largest absolute Gasteiger partial charge is 0.240 e. The van der Waals surface area contributed by atoms with Gasteiger partial charge in [0.2, 0.25) is 0 Å². The number of aromatic nitrogens is 2. The predicted octanol–water partition coefficient (Wildman–Crippen LogP) is 3.25. The quantitative estimate of drug-likeness (QED) is 0.596. The van der Waals surface area contributed by atoms with E-state index in [4.69, 9.17) is 0 Å². The van der Waals surface area contributed by atoms with Crippen LogP contribution in [0.5, 0.6) is 0 Å². The number of hydrogen-bond donors (Lipinski definition) is 0. The lowest BCUT2D eigenvalue weighted by molar-refractivity contribution is 0.967. The first kappa shape index (κ1) is 8.00. The van der Waals surface area contributed by atoms with Crippen molar-refractivity contribution in [3.8, 4) is 0 Å². The van der Waals surface area contributed by atoms with Crippen LogP contribution in [0.3, 0.4) is 0 Å². The third-order valence-corrected chi connectivity index (χ3v) is 2.85. The number of hydrogen-bond acceptors (Lipinski definition) is 1. The molecule has 3 aromatic rings. The van der Waals surface area contributed by atoms with Gasteiger partial charge in [0.25, 0.3) is 0 Å². The van der Waals surface area contributed by atoms with Gasteiger partial charge in [-0.3, -0.25) is 0 Å². The lowest BCUT2D eigenvalue weighted by Crippen LogP contribution is -1.86. The van der Waals surface area contributed by atoms with Crippen LogP contribution < -0.4 is 0 Å². The Morgan fingerprint density at radius 2 is 2.07 bits per heavy atom. The molecule has 0 amide bonds. The topological polar surface area (TPSA) is 17.3 Å². The van der Waals surface area contributed by atoms with Crippen LogP contribution in [0, 0.1) is 0 Å². The zero-order valence-corrected chi connectivity index (χ0v) is 8.90. The molecule has 0 saturated carbocycles. The van der Waals surface area contributed by atoms with Gasteiger partial charge in [-0.2, -0.15) is 5.10 Å². The van der Waals surface area contributed by atoms with Crippen LogP contribution in [0.4, 0.5) is 0 Å². The molecule has 0 aliphatic carbocycles. The van der Waals surface area contributed by atoms with Crippen LogP contribution in [-0.4, -0.2) is 9.61 Å². The first-order valence-corrected chi connectivity index (χ1v) is 5.15. The van der Waals surface area contributed by atoms with Gasteiger partial charge in [-0.1, -0.05) is 22.0 Å². The number of rotatable bonds is 0. The van der Waals surface area contributed by atoms with E-state index in [9.17, 15) is 0 Å². The Kier molecular flexibility index (Phi) is 1.61. The van der Waals surface area contributed by atoms with Crippen molar-refractivity contribution in [3.05, 3.63) is 47.2 Å². The second kappa shape index (κ2) is 2.82. The standard InChI is InChI=1S/C11H7BrN2/c12-9-1-2-10-8(7-9)4-6-14-11(10)3-5-13-14/h1-7H. The average Bonchev–Trinajstić information content (AvgIpc) is 2.65. The summed E-state index contributed by atoms with van der Waals surface area (Å²) in [5, 5.41) is 6.66.